The average molecular weight is 2000 g/mol. The molecular weight excluding hydrogens is 1770 g/mol. The Bertz CT molecular complexity index is 2820. The summed E-state index contributed by atoms with van der Waals surface area (Å²) in [7, 11) is 13.7. The Kier molecular flexibility index (Phi) is 83.5. The first-order chi connectivity index (χ1) is 66.4. The van der Waals surface area contributed by atoms with Gasteiger partial charge >= 0.3 is 30.2 Å². The van der Waals surface area contributed by atoms with Gasteiger partial charge in [-0.05, 0) is 367 Å². The quantitative estimate of drug-likeness (QED) is 0.0313. The summed E-state index contributed by atoms with van der Waals surface area (Å²) < 4.78 is 52.9. The molecule has 8 aliphatic heterocycles. The highest BCUT2D eigenvalue weighted by Gasteiger charge is 2.46. The van der Waals surface area contributed by atoms with Crippen LogP contribution in [0.5, 0.6) is 0 Å². The van der Waals surface area contributed by atoms with Crippen molar-refractivity contribution in [2.75, 3.05) is 305 Å². The van der Waals surface area contributed by atoms with Gasteiger partial charge in [-0.2, -0.15) is 0 Å². The van der Waals surface area contributed by atoms with Crippen molar-refractivity contribution in [1.29, 1.82) is 0 Å². The fourth-order valence-electron chi connectivity index (χ4n) is 17.0. The summed E-state index contributed by atoms with van der Waals surface area (Å²) in [4.78, 5) is 90.6. The molecule has 1 spiro atoms. The van der Waals surface area contributed by atoms with E-state index >= 15 is 0 Å². The molecule has 0 unspecified atom stereocenters. The fourth-order valence-corrected chi connectivity index (χ4v) is 17.0. The van der Waals surface area contributed by atoms with Crippen LogP contribution in [0.4, 0.5) is 14.4 Å². The number of hydrogen-bond acceptors (Lipinski definition) is 27. The van der Waals surface area contributed by atoms with E-state index in [9.17, 15) is 24.0 Å². The van der Waals surface area contributed by atoms with E-state index in [0.29, 0.717) is 49.4 Å². The van der Waals surface area contributed by atoms with Crippen LogP contribution in [0.1, 0.15) is 313 Å². The summed E-state index contributed by atoms with van der Waals surface area (Å²) in [6.07, 6.45) is 30.4. The van der Waals surface area contributed by atoms with Crippen LogP contribution >= 0.6 is 0 Å². The molecule has 0 N–H and O–H groups in total. The van der Waals surface area contributed by atoms with E-state index in [1.54, 1.807) is 35.8 Å². The Morgan fingerprint density at radius 1 is 0.264 bits per heavy atom. The summed E-state index contributed by atoms with van der Waals surface area (Å²) in [6.45, 7) is 89.8. The van der Waals surface area contributed by atoms with Crippen molar-refractivity contribution in [2.45, 2.75) is 380 Å². The number of carbonyl (C=O) groups excluding carboxylic acids is 5. The number of hydrogen-bond donors (Lipinski definition) is 0. The Labute approximate surface area is 861 Å². The number of piperazine rings is 3. The summed E-state index contributed by atoms with van der Waals surface area (Å²) in [6, 6.07) is 0.700. The van der Waals surface area contributed by atoms with Crippen LogP contribution in [-0.4, -0.2) is 476 Å². The van der Waals surface area contributed by atoms with Crippen LogP contribution < -0.4 is 0 Å². The highest BCUT2D eigenvalue weighted by Crippen LogP contribution is 2.48. The normalized spacial score (nSPS) is 18.3. The number of rotatable bonds is 46. The molecule has 0 radical (unpaired) electrons. The predicted octanol–water partition coefficient (Wildman–Crippen LogP) is 17.4. The lowest BCUT2D eigenvalue weighted by molar-refractivity contribution is -0.148. The Morgan fingerprint density at radius 2 is 0.536 bits per heavy atom. The molecule has 832 valence electrons. The molecule has 1 aliphatic carbocycles. The van der Waals surface area contributed by atoms with Gasteiger partial charge in [-0.3, -0.25) is 24.3 Å². The van der Waals surface area contributed by atoms with Gasteiger partial charge in [0.1, 0.15) is 0 Å². The van der Waals surface area contributed by atoms with Gasteiger partial charge in [0.25, 0.3) is 0 Å². The zero-order valence-corrected chi connectivity index (χ0v) is 96.7. The minimum atomic E-state index is -0.237. The SMILES string of the molecule is CC(C)OC(=O)CCCN1CCCCC1.CC(C)OC(=O)CCCN1CCN(C)CC1.CC(C)OC(=O)N(C)CCCN(C)C.CC(C)OC(=O)N(C)CCN1CCCCC1.CC(C)OCCCN1CCCCC1.CC(C)OCCCN1CCCCC1.CC(C)OCCCN1CCN(C(C)C)CC1.CC(C)OCCN1CC2(CCC2)C1.CC(C)OCCN1CCN(C)CC1.CCCN(C)C(=O)OC(C)C. The van der Waals surface area contributed by atoms with E-state index in [0.717, 1.165) is 149 Å². The van der Waals surface area contributed by atoms with Crippen molar-refractivity contribution in [1.82, 2.24) is 73.5 Å². The molecule has 1 saturated carbocycles. The van der Waals surface area contributed by atoms with E-state index in [4.69, 9.17) is 47.4 Å². The zero-order chi connectivity index (χ0) is 105. The van der Waals surface area contributed by atoms with Gasteiger partial charge < -0.3 is 106 Å². The number of esters is 2. The van der Waals surface area contributed by atoms with Crippen molar-refractivity contribution in [3.8, 4) is 0 Å². The molecule has 9 rings (SSSR count). The molecular formula is C110H227N15O15. The van der Waals surface area contributed by atoms with Gasteiger partial charge in [-0.25, -0.2) is 14.4 Å². The van der Waals surface area contributed by atoms with Crippen molar-refractivity contribution < 1.29 is 71.3 Å². The lowest BCUT2D eigenvalue weighted by Crippen LogP contribution is -2.60. The van der Waals surface area contributed by atoms with Crippen molar-refractivity contribution in [3.05, 3.63) is 0 Å². The summed E-state index contributed by atoms with van der Waals surface area (Å²) >= 11 is 0. The summed E-state index contributed by atoms with van der Waals surface area (Å²) in [5.41, 5.74) is 0.776. The third kappa shape index (κ3) is 81.1. The number of amides is 3. The minimum absolute atomic E-state index is 0.0103. The monoisotopic (exact) mass is 2000 g/mol. The van der Waals surface area contributed by atoms with Crippen LogP contribution in [-0.2, 0) is 57.0 Å². The third-order valence-electron chi connectivity index (χ3n) is 25.4. The molecule has 30 heteroatoms. The number of ether oxygens (including phenoxy) is 10. The van der Waals surface area contributed by atoms with Crippen molar-refractivity contribution in [3.63, 3.8) is 0 Å². The number of nitrogens with zero attached hydrogens (tertiary/aromatic N) is 15. The zero-order valence-electron chi connectivity index (χ0n) is 96.7. The first kappa shape index (κ1) is 136. The van der Waals surface area contributed by atoms with Crippen molar-refractivity contribution in [2.24, 2.45) is 5.41 Å². The molecule has 0 aromatic rings. The van der Waals surface area contributed by atoms with Crippen LogP contribution in [0.15, 0.2) is 0 Å². The lowest BCUT2D eigenvalue weighted by atomic mass is 9.63. The Balaban J connectivity index is 0.00000154. The molecule has 8 saturated heterocycles. The van der Waals surface area contributed by atoms with Crippen molar-refractivity contribution >= 4 is 30.2 Å². The maximum absolute atomic E-state index is 11.5. The standard InChI is InChI=1S/C13H28N2O.2C12H24N2O2.C12H23NO2.C11H21NO.2C11H23NO.C10H22N2O2.C10H22N2O.C8H17NO2/c1-12(2)15-9-7-14(8-10-15)6-5-11-16-13(3)4;1-11(2)16-12(15)5-4-6-14-9-7-13(3)8-10-14;1-11(2)16-12(15)13(3)9-10-14-7-5-4-6-8-14;1-11(2)15-12(14)7-6-10-13-8-4-3-5-9-13;1-10(2)13-7-6-12-8-11(9-12)4-3-5-11;2*1-11(2)13-10-6-9-12-7-4-3-5-8-12;1-9(2)14-10(13)12(5)8-6-7-11(3)4;1-10(2)13-9-8-12-6-4-11(3)5-7-12;1-5-6-9(4)8(10)11-7(2)3/h12-13H,5-11H2,1-4H3;2*11H,4-10H2,1-3H3;11H,3-10H2,1-2H3;10H,3-9H2,1-2H3;2*11H,3-10H2,1-2H3;9H,6-8H2,1-5H3;10H,4-9H2,1-3H3;7H,5-6H2,1-4H3. The van der Waals surface area contributed by atoms with Gasteiger partial charge in [0.2, 0.25) is 0 Å². The van der Waals surface area contributed by atoms with Crippen LogP contribution in [0.25, 0.3) is 0 Å². The molecule has 9 aliphatic rings. The molecule has 0 aromatic heterocycles. The molecule has 8 heterocycles. The smallest absolute Gasteiger partial charge is 0.409 e. The van der Waals surface area contributed by atoms with Crippen LogP contribution in [0.2, 0.25) is 0 Å². The first-order valence-electron chi connectivity index (χ1n) is 56.2. The summed E-state index contributed by atoms with van der Waals surface area (Å²) in [5, 5.41) is 0. The minimum Gasteiger partial charge on any atom is -0.463 e. The number of piperidine rings is 4. The number of likely N-dealkylation sites (tertiary alicyclic amines) is 5. The van der Waals surface area contributed by atoms with E-state index in [1.807, 2.05) is 90.3 Å². The van der Waals surface area contributed by atoms with Gasteiger partial charge in [0.05, 0.1) is 74.3 Å². The van der Waals surface area contributed by atoms with E-state index in [2.05, 4.69) is 156 Å². The number of carbonyl (C=O) groups is 5. The highest BCUT2D eigenvalue weighted by molar-refractivity contribution is 5.70. The second kappa shape index (κ2) is 85.9. The average Bonchev–Trinajstić information content (AvgIpc) is 0.763. The second-order valence-corrected chi connectivity index (χ2v) is 43.6. The molecule has 9 fully saturated rings. The maximum Gasteiger partial charge on any atom is 0.409 e. The second-order valence-electron chi connectivity index (χ2n) is 43.6. The highest BCUT2D eigenvalue weighted by atomic mass is 16.6. The topological polar surface area (TPSA) is 226 Å². The predicted molar refractivity (Wildman–Crippen MR) is 581 cm³/mol. The molecule has 0 atom stereocenters. The van der Waals surface area contributed by atoms with E-state index in [-0.39, 0.29) is 60.7 Å². The maximum atomic E-state index is 11.5. The van der Waals surface area contributed by atoms with Gasteiger partial charge in [0.15, 0.2) is 0 Å². The molecule has 0 bridgehead atoms. The molecule has 140 heavy (non-hydrogen) atoms. The third-order valence-corrected chi connectivity index (χ3v) is 25.4. The van der Waals surface area contributed by atoms with Gasteiger partial charge in [0, 0.05) is 210 Å². The molecule has 30 nitrogen and oxygen atoms in total. The molecule has 3 amide bonds. The largest absolute Gasteiger partial charge is 0.463 e. The molecule has 0 aromatic carbocycles. The first-order valence-corrected chi connectivity index (χ1v) is 56.2. The van der Waals surface area contributed by atoms with Crippen LogP contribution in [0.3, 0.4) is 0 Å². The lowest BCUT2D eigenvalue weighted by Gasteiger charge is -2.56. The summed E-state index contributed by atoms with van der Waals surface area (Å²) in [5.74, 6) is -0.119. The number of likely N-dealkylation sites (N-methyl/N-ethyl adjacent to an activating group) is 3. The Morgan fingerprint density at radius 3 is 0.821 bits per heavy atom. The van der Waals surface area contributed by atoms with Gasteiger partial charge in [-0.1, -0.05) is 39.0 Å². The van der Waals surface area contributed by atoms with Crippen LogP contribution in [0, 0.1) is 5.41 Å². The van der Waals surface area contributed by atoms with E-state index < -0.39 is 0 Å². The Hall–Kier alpha value is -3.93. The fraction of sp³-hybridized carbons (Fsp3) is 0.955. The van der Waals surface area contributed by atoms with Gasteiger partial charge in [-0.15, -0.1) is 0 Å². The van der Waals surface area contributed by atoms with E-state index in [1.165, 1.54) is 253 Å².